The first-order valence-corrected chi connectivity index (χ1v) is 5.74. The lowest BCUT2D eigenvalue weighted by Crippen LogP contribution is -2.35. The minimum absolute atomic E-state index is 0. The van der Waals surface area contributed by atoms with E-state index in [1.165, 1.54) is 4.90 Å². The molecule has 1 fully saturated rings. The molecule has 7 heteroatoms. The van der Waals surface area contributed by atoms with Gasteiger partial charge in [-0.3, -0.25) is 4.79 Å². The van der Waals surface area contributed by atoms with Gasteiger partial charge in [0.1, 0.15) is 23.0 Å². The van der Waals surface area contributed by atoms with Gasteiger partial charge in [-0.25, -0.2) is 13.2 Å². The van der Waals surface area contributed by atoms with Crippen molar-refractivity contribution in [1.29, 1.82) is 0 Å². The second kappa shape index (κ2) is 6.77. The second-order valence-corrected chi connectivity index (χ2v) is 4.14. The Labute approximate surface area is 115 Å². The molecule has 0 aromatic heterocycles. The van der Waals surface area contributed by atoms with Gasteiger partial charge in [-0.05, 0) is 13.0 Å². The molecule has 1 N–H and O–H groups in total. The highest BCUT2D eigenvalue weighted by Crippen LogP contribution is 2.17. The third-order valence-corrected chi connectivity index (χ3v) is 2.85. The van der Waals surface area contributed by atoms with Crippen LogP contribution in [-0.2, 0) is 0 Å². The van der Waals surface area contributed by atoms with E-state index in [9.17, 15) is 18.0 Å². The van der Waals surface area contributed by atoms with E-state index < -0.39 is 28.9 Å². The van der Waals surface area contributed by atoms with Crippen molar-refractivity contribution in [1.82, 2.24) is 10.2 Å². The van der Waals surface area contributed by atoms with Crippen LogP contribution in [0.5, 0.6) is 0 Å². The lowest BCUT2D eigenvalue weighted by molar-refractivity contribution is 0.0756. The largest absolute Gasteiger partial charge is 0.337 e. The highest BCUT2D eigenvalue weighted by Gasteiger charge is 2.24. The Balaban J connectivity index is 0.00000180. The zero-order valence-corrected chi connectivity index (χ0v) is 10.9. The normalized spacial score (nSPS) is 15.6. The van der Waals surface area contributed by atoms with Gasteiger partial charge in [-0.15, -0.1) is 12.4 Å². The first-order valence-electron chi connectivity index (χ1n) is 5.74. The fraction of sp³-hybridized carbons (Fsp3) is 0.417. The van der Waals surface area contributed by atoms with Crippen LogP contribution in [0.15, 0.2) is 12.1 Å². The molecule has 3 nitrogen and oxygen atoms in total. The number of hydrogen-bond donors (Lipinski definition) is 1. The fourth-order valence-electron chi connectivity index (χ4n) is 1.95. The summed E-state index contributed by atoms with van der Waals surface area (Å²) in [6.45, 7) is 2.16. The summed E-state index contributed by atoms with van der Waals surface area (Å²) >= 11 is 0. The molecule has 1 saturated heterocycles. The van der Waals surface area contributed by atoms with Crippen molar-refractivity contribution in [2.24, 2.45) is 0 Å². The molecule has 2 rings (SSSR count). The molecule has 0 radical (unpaired) electrons. The van der Waals surface area contributed by atoms with Crippen LogP contribution in [0.1, 0.15) is 16.8 Å². The molecule has 1 aliphatic rings. The summed E-state index contributed by atoms with van der Waals surface area (Å²) in [7, 11) is 0. The predicted molar refractivity (Wildman–Crippen MR) is 67.0 cm³/mol. The van der Waals surface area contributed by atoms with E-state index in [-0.39, 0.29) is 12.4 Å². The molecule has 0 spiro atoms. The van der Waals surface area contributed by atoms with Crippen LogP contribution in [0, 0.1) is 17.5 Å². The van der Waals surface area contributed by atoms with E-state index in [2.05, 4.69) is 5.32 Å². The molecule has 1 amide bonds. The van der Waals surface area contributed by atoms with E-state index in [0.29, 0.717) is 31.8 Å². The molecule has 106 valence electrons. The van der Waals surface area contributed by atoms with Gasteiger partial charge in [-0.2, -0.15) is 0 Å². The van der Waals surface area contributed by atoms with Crippen molar-refractivity contribution in [3.63, 3.8) is 0 Å². The zero-order chi connectivity index (χ0) is 13.1. The van der Waals surface area contributed by atoms with E-state index in [1.54, 1.807) is 0 Å². The molecule has 1 aliphatic heterocycles. The number of hydrogen-bond acceptors (Lipinski definition) is 2. The Morgan fingerprint density at radius 2 is 1.74 bits per heavy atom. The monoisotopic (exact) mass is 294 g/mol. The van der Waals surface area contributed by atoms with Crippen LogP contribution in [0.3, 0.4) is 0 Å². The summed E-state index contributed by atoms with van der Waals surface area (Å²) in [6, 6.07) is 1.04. The lowest BCUT2D eigenvalue weighted by atomic mass is 10.1. The van der Waals surface area contributed by atoms with Crippen LogP contribution >= 0.6 is 12.4 Å². The van der Waals surface area contributed by atoms with E-state index in [0.717, 1.165) is 13.0 Å². The zero-order valence-electron chi connectivity index (χ0n) is 10.1. The highest BCUT2D eigenvalue weighted by atomic mass is 35.5. The molecule has 1 heterocycles. The molecule has 19 heavy (non-hydrogen) atoms. The van der Waals surface area contributed by atoms with Crippen molar-refractivity contribution in [3.05, 3.63) is 35.1 Å². The molecular weight excluding hydrogens is 281 g/mol. The number of carbonyl (C=O) groups is 1. The average molecular weight is 295 g/mol. The number of nitrogens with one attached hydrogen (secondary N) is 1. The molecular formula is C12H14ClF3N2O. The number of nitrogens with zero attached hydrogens (tertiary/aromatic N) is 1. The van der Waals surface area contributed by atoms with E-state index in [4.69, 9.17) is 0 Å². The Bertz CT molecular complexity index is 439. The summed E-state index contributed by atoms with van der Waals surface area (Å²) in [4.78, 5) is 13.4. The van der Waals surface area contributed by atoms with Gasteiger partial charge < -0.3 is 10.2 Å². The average Bonchev–Trinajstić information content (AvgIpc) is 2.55. The quantitative estimate of drug-likeness (QED) is 0.859. The fourth-order valence-corrected chi connectivity index (χ4v) is 1.95. The number of halogens is 4. The Morgan fingerprint density at radius 1 is 1.11 bits per heavy atom. The topological polar surface area (TPSA) is 32.3 Å². The molecule has 0 aliphatic carbocycles. The van der Waals surface area contributed by atoms with Crippen LogP contribution in [0.2, 0.25) is 0 Å². The number of rotatable bonds is 1. The molecule has 1 aromatic rings. The maximum atomic E-state index is 13.5. The lowest BCUT2D eigenvalue weighted by Gasteiger charge is -2.20. The van der Waals surface area contributed by atoms with Crippen LogP contribution in [0.4, 0.5) is 13.2 Å². The first kappa shape index (κ1) is 15.8. The van der Waals surface area contributed by atoms with Gasteiger partial charge in [0.2, 0.25) is 0 Å². The summed E-state index contributed by atoms with van der Waals surface area (Å²) in [5.41, 5.74) is -0.682. The number of carbonyl (C=O) groups excluding carboxylic acids is 1. The first-order chi connectivity index (χ1) is 8.59. The van der Waals surface area contributed by atoms with Crippen molar-refractivity contribution in [3.8, 4) is 0 Å². The number of benzene rings is 1. The summed E-state index contributed by atoms with van der Waals surface area (Å²) in [5, 5.41) is 3.08. The summed E-state index contributed by atoms with van der Waals surface area (Å²) in [5.74, 6) is -4.07. The smallest absolute Gasteiger partial charge is 0.259 e. The van der Waals surface area contributed by atoms with Gasteiger partial charge in [-0.1, -0.05) is 0 Å². The molecule has 1 aromatic carbocycles. The Morgan fingerprint density at radius 3 is 2.37 bits per heavy atom. The minimum atomic E-state index is -1.16. The van der Waals surface area contributed by atoms with Crippen molar-refractivity contribution >= 4 is 18.3 Å². The Hall–Kier alpha value is -1.27. The maximum absolute atomic E-state index is 13.5. The maximum Gasteiger partial charge on any atom is 0.259 e. The molecule has 0 atom stereocenters. The SMILES string of the molecule is Cl.O=C(c1c(F)cc(F)cc1F)N1CCCNCC1. The Kier molecular flexibility index (Phi) is 5.62. The van der Waals surface area contributed by atoms with Gasteiger partial charge >= 0.3 is 0 Å². The minimum Gasteiger partial charge on any atom is -0.337 e. The van der Waals surface area contributed by atoms with Crippen molar-refractivity contribution in [2.75, 3.05) is 26.2 Å². The summed E-state index contributed by atoms with van der Waals surface area (Å²) in [6.07, 6.45) is 0.718. The highest BCUT2D eigenvalue weighted by molar-refractivity contribution is 5.94. The van der Waals surface area contributed by atoms with E-state index >= 15 is 0 Å². The molecule has 0 unspecified atom stereocenters. The van der Waals surface area contributed by atoms with Gasteiger partial charge in [0.25, 0.3) is 5.91 Å². The number of amides is 1. The summed E-state index contributed by atoms with van der Waals surface area (Å²) < 4.78 is 39.7. The second-order valence-electron chi connectivity index (χ2n) is 4.14. The van der Waals surface area contributed by atoms with Gasteiger partial charge in [0, 0.05) is 31.8 Å². The third-order valence-electron chi connectivity index (χ3n) is 2.85. The van der Waals surface area contributed by atoms with E-state index in [1.807, 2.05) is 0 Å². The van der Waals surface area contributed by atoms with Gasteiger partial charge in [0.15, 0.2) is 0 Å². The molecule has 0 saturated carbocycles. The molecule has 0 bridgehead atoms. The predicted octanol–water partition coefficient (Wildman–Crippen LogP) is 1.96. The van der Waals surface area contributed by atoms with Crippen LogP contribution < -0.4 is 5.32 Å². The third kappa shape index (κ3) is 3.61. The van der Waals surface area contributed by atoms with Crippen molar-refractivity contribution in [2.45, 2.75) is 6.42 Å². The standard InChI is InChI=1S/C12H13F3N2O.ClH/c13-8-6-9(14)11(10(15)7-8)12(18)17-4-1-2-16-3-5-17;/h6-7,16H,1-5H2;1H. The van der Waals surface area contributed by atoms with Crippen LogP contribution in [0.25, 0.3) is 0 Å². The van der Waals surface area contributed by atoms with Crippen LogP contribution in [-0.4, -0.2) is 37.0 Å². The van der Waals surface area contributed by atoms with Crippen molar-refractivity contribution < 1.29 is 18.0 Å². The van der Waals surface area contributed by atoms with Gasteiger partial charge in [0.05, 0.1) is 0 Å².